The Balaban J connectivity index is 2.51. The lowest BCUT2D eigenvalue weighted by Gasteiger charge is -2.27. The Morgan fingerprint density at radius 2 is 2.11 bits per heavy atom. The first-order chi connectivity index (χ1) is 9.04. The van der Waals surface area contributed by atoms with E-state index < -0.39 is 5.97 Å². The van der Waals surface area contributed by atoms with Gasteiger partial charge in [-0.05, 0) is 26.2 Å². The van der Waals surface area contributed by atoms with E-state index >= 15 is 0 Å². The third-order valence-electron chi connectivity index (χ3n) is 4.24. The molecule has 0 unspecified atom stereocenters. The summed E-state index contributed by atoms with van der Waals surface area (Å²) in [4.78, 5) is 19.5. The molecule has 0 amide bonds. The highest BCUT2D eigenvalue weighted by atomic mass is 32.1. The number of aryl methyl sites for hydroxylation is 1. The van der Waals surface area contributed by atoms with E-state index in [-0.39, 0.29) is 5.41 Å². The molecule has 0 aromatic carbocycles. The van der Waals surface area contributed by atoms with Crippen LogP contribution in [0.15, 0.2) is 0 Å². The summed E-state index contributed by atoms with van der Waals surface area (Å²) < 4.78 is 5.09. The number of esters is 1. The molecule has 1 N–H and O–H groups in total. The monoisotopic (exact) mass is 280 g/mol. The van der Waals surface area contributed by atoms with Gasteiger partial charge < -0.3 is 9.72 Å². The van der Waals surface area contributed by atoms with Gasteiger partial charge in [-0.25, -0.2) is 9.78 Å². The van der Waals surface area contributed by atoms with Crippen LogP contribution < -0.4 is 0 Å². The number of hydrogen-bond donors (Lipinski definition) is 1. The van der Waals surface area contributed by atoms with E-state index in [0.717, 1.165) is 30.8 Å². The van der Waals surface area contributed by atoms with Gasteiger partial charge in [0.1, 0.15) is 16.0 Å². The first-order valence-corrected chi connectivity index (χ1v) is 7.14. The van der Waals surface area contributed by atoms with Gasteiger partial charge in [-0.15, -0.1) is 0 Å². The van der Waals surface area contributed by atoms with Gasteiger partial charge in [0.15, 0.2) is 0 Å². The Kier molecular flexibility index (Phi) is 4.04. The molecule has 19 heavy (non-hydrogen) atoms. The lowest BCUT2D eigenvalue weighted by molar-refractivity contribution is 0.0598. The number of nitrogens with one attached hydrogen (secondary N) is 1. The minimum absolute atomic E-state index is 0.104. The highest BCUT2D eigenvalue weighted by molar-refractivity contribution is 7.71. The minimum Gasteiger partial charge on any atom is -0.465 e. The lowest BCUT2D eigenvalue weighted by Crippen LogP contribution is -2.25. The van der Waals surface area contributed by atoms with Crippen molar-refractivity contribution in [1.29, 1.82) is 0 Å². The fourth-order valence-corrected chi connectivity index (χ4v) is 3.32. The number of aromatic amines is 1. The normalized spacial score (nSPS) is 17.4. The van der Waals surface area contributed by atoms with Gasteiger partial charge in [-0.3, -0.25) is 0 Å². The fourth-order valence-electron chi connectivity index (χ4n) is 2.99. The summed E-state index contributed by atoms with van der Waals surface area (Å²) in [5.74, 6) is 0.512. The average molecular weight is 280 g/mol. The van der Waals surface area contributed by atoms with Crippen LogP contribution in [0.4, 0.5) is 0 Å². The molecule has 2 rings (SSSR count). The van der Waals surface area contributed by atoms with Crippen LogP contribution in [0.2, 0.25) is 0 Å². The molecule has 1 aromatic rings. The van der Waals surface area contributed by atoms with Gasteiger partial charge in [0.05, 0.1) is 7.11 Å². The maximum atomic E-state index is 11.7. The number of hydrogen-bond acceptors (Lipinski definition) is 4. The third-order valence-corrected chi connectivity index (χ3v) is 4.53. The summed E-state index contributed by atoms with van der Waals surface area (Å²) in [7, 11) is 1.36. The smallest absolute Gasteiger partial charge is 0.342 e. The van der Waals surface area contributed by atoms with Crippen LogP contribution in [0.3, 0.4) is 0 Å². The zero-order valence-electron chi connectivity index (χ0n) is 11.7. The number of methoxy groups -OCH3 is 1. The molecular formula is C14H20N2O2S. The van der Waals surface area contributed by atoms with Crippen molar-refractivity contribution in [1.82, 2.24) is 9.97 Å². The van der Waals surface area contributed by atoms with Crippen LogP contribution in [0.25, 0.3) is 0 Å². The predicted molar refractivity (Wildman–Crippen MR) is 75.9 cm³/mol. The maximum absolute atomic E-state index is 11.7. The van der Waals surface area contributed by atoms with Gasteiger partial charge in [0.25, 0.3) is 0 Å². The molecule has 1 aliphatic rings. The summed E-state index contributed by atoms with van der Waals surface area (Å²) in [5, 5.41) is 0. The zero-order chi connectivity index (χ0) is 14.0. The molecule has 0 atom stereocenters. The number of carbonyl (C=O) groups excluding carboxylic acids is 1. The number of rotatable bonds is 3. The van der Waals surface area contributed by atoms with Gasteiger partial charge in [-0.2, -0.15) is 0 Å². The summed E-state index contributed by atoms with van der Waals surface area (Å²) in [6, 6.07) is 0. The predicted octanol–water partition coefficient (Wildman–Crippen LogP) is 3.46. The van der Waals surface area contributed by atoms with E-state index in [9.17, 15) is 4.79 Å². The third kappa shape index (κ3) is 2.43. The first-order valence-electron chi connectivity index (χ1n) is 6.74. The summed E-state index contributed by atoms with van der Waals surface area (Å²) in [6.07, 6.45) is 5.78. The largest absolute Gasteiger partial charge is 0.465 e. The summed E-state index contributed by atoms with van der Waals surface area (Å²) in [6.45, 7) is 4.04. The van der Waals surface area contributed by atoms with Crippen LogP contribution in [0.1, 0.15) is 60.9 Å². The SMILES string of the molecule is CCC1(c2nc(=S)c(C(=O)OC)c(C)[nH]2)CCCC1. The molecule has 0 aliphatic heterocycles. The van der Waals surface area contributed by atoms with Crippen molar-refractivity contribution in [2.75, 3.05) is 7.11 Å². The molecule has 5 heteroatoms. The van der Waals surface area contributed by atoms with Gasteiger partial charge in [-0.1, -0.05) is 32.0 Å². The standard InChI is InChI=1S/C14H20N2O2S/c1-4-14(7-5-6-8-14)13-15-9(2)10(11(19)16-13)12(17)18-3/h4-8H2,1-3H3,(H,15,16,19). The molecule has 4 nitrogen and oxygen atoms in total. The molecule has 1 aromatic heterocycles. The van der Waals surface area contributed by atoms with E-state index in [2.05, 4.69) is 16.9 Å². The lowest BCUT2D eigenvalue weighted by atomic mass is 9.82. The molecule has 0 saturated heterocycles. The molecule has 1 fully saturated rings. The van der Waals surface area contributed by atoms with Crippen LogP contribution in [-0.4, -0.2) is 23.0 Å². The Morgan fingerprint density at radius 3 is 2.58 bits per heavy atom. The Hall–Kier alpha value is -1.23. The van der Waals surface area contributed by atoms with Crippen molar-refractivity contribution >= 4 is 18.2 Å². The maximum Gasteiger partial charge on any atom is 0.342 e. The number of aromatic nitrogens is 2. The Bertz CT molecular complexity index is 545. The Labute approximate surface area is 118 Å². The van der Waals surface area contributed by atoms with Crippen molar-refractivity contribution in [3.8, 4) is 0 Å². The fraction of sp³-hybridized carbons (Fsp3) is 0.643. The zero-order valence-corrected chi connectivity index (χ0v) is 12.5. The van der Waals surface area contributed by atoms with Gasteiger partial charge in [0, 0.05) is 11.1 Å². The van der Waals surface area contributed by atoms with E-state index in [1.54, 1.807) is 0 Å². The van der Waals surface area contributed by atoms with Crippen LogP contribution in [0.5, 0.6) is 0 Å². The number of ether oxygens (including phenoxy) is 1. The van der Waals surface area contributed by atoms with Crippen LogP contribution in [0, 0.1) is 11.6 Å². The molecule has 1 aliphatic carbocycles. The molecule has 0 radical (unpaired) electrons. The van der Waals surface area contributed by atoms with Crippen molar-refractivity contribution in [2.45, 2.75) is 51.4 Å². The van der Waals surface area contributed by atoms with Gasteiger partial charge >= 0.3 is 5.97 Å². The second-order valence-electron chi connectivity index (χ2n) is 5.22. The number of H-pyrrole nitrogens is 1. The highest BCUT2D eigenvalue weighted by Gasteiger charge is 2.36. The van der Waals surface area contributed by atoms with Crippen molar-refractivity contribution in [3.63, 3.8) is 0 Å². The topological polar surface area (TPSA) is 55.0 Å². The highest BCUT2D eigenvalue weighted by Crippen LogP contribution is 2.42. The quantitative estimate of drug-likeness (QED) is 0.680. The van der Waals surface area contributed by atoms with E-state index in [4.69, 9.17) is 17.0 Å². The summed E-state index contributed by atoms with van der Waals surface area (Å²) in [5.41, 5.74) is 1.24. The molecule has 1 heterocycles. The molecule has 0 bridgehead atoms. The second-order valence-corrected chi connectivity index (χ2v) is 5.61. The summed E-state index contributed by atoms with van der Waals surface area (Å²) >= 11 is 5.27. The van der Waals surface area contributed by atoms with Gasteiger partial charge in [0.2, 0.25) is 0 Å². The second kappa shape index (κ2) is 5.41. The van der Waals surface area contributed by atoms with Crippen LogP contribution in [-0.2, 0) is 10.2 Å². The molecule has 1 saturated carbocycles. The number of nitrogens with zero attached hydrogens (tertiary/aromatic N) is 1. The van der Waals surface area contributed by atoms with Crippen molar-refractivity contribution in [2.24, 2.45) is 0 Å². The minimum atomic E-state index is -0.422. The van der Waals surface area contributed by atoms with Crippen molar-refractivity contribution < 1.29 is 9.53 Å². The van der Waals surface area contributed by atoms with E-state index in [0.29, 0.717) is 10.2 Å². The van der Waals surface area contributed by atoms with Crippen LogP contribution >= 0.6 is 12.2 Å². The molecule has 104 valence electrons. The molecular weight excluding hydrogens is 260 g/mol. The molecule has 0 spiro atoms. The van der Waals surface area contributed by atoms with E-state index in [1.165, 1.54) is 20.0 Å². The Morgan fingerprint density at radius 1 is 1.47 bits per heavy atom. The average Bonchev–Trinajstić information content (AvgIpc) is 2.87. The first kappa shape index (κ1) is 14.2. The number of carbonyl (C=O) groups is 1. The van der Waals surface area contributed by atoms with Crippen molar-refractivity contribution in [3.05, 3.63) is 21.7 Å². The van der Waals surface area contributed by atoms with E-state index in [1.807, 2.05) is 6.92 Å².